The monoisotopic (exact) mass is 270 g/mol. The second kappa shape index (κ2) is 4.14. The molecule has 0 unspecified atom stereocenters. The average Bonchev–Trinajstić information content (AvgIpc) is 2.72. The molecule has 0 saturated heterocycles. The lowest BCUT2D eigenvalue weighted by molar-refractivity contribution is -0.384. The van der Waals surface area contributed by atoms with Crippen LogP contribution < -0.4 is 5.32 Å². The fourth-order valence-electron chi connectivity index (χ4n) is 2.35. The van der Waals surface area contributed by atoms with Gasteiger partial charge in [0.2, 0.25) is 0 Å². The van der Waals surface area contributed by atoms with Crippen LogP contribution in [0.2, 0.25) is 0 Å². The zero-order valence-electron chi connectivity index (χ0n) is 10.2. The summed E-state index contributed by atoms with van der Waals surface area (Å²) in [5.74, 6) is -0.374. The van der Waals surface area contributed by atoms with E-state index in [1.165, 1.54) is 24.3 Å². The van der Waals surface area contributed by atoms with Crippen molar-refractivity contribution in [3.05, 3.63) is 75.3 Å². The van der Waals surface area contributed by atoms with Gasteiger partial charge < -0.3 is 10.4 Å². The Kier molecular flexibility index (Phi) is 2.55. The Morgan fingerprint density at radius 2 is 1.75 bits per heavy atom. The number of aliphatic hydroxyl groups is 1. The molecule has 6 heteroatoms. The summed E-state index contributed by atoms with van der Waals surface area (Å²) in [6, 6.07) is 12.1. The highest BCUT2D eigenvalue weighted by Gasteiger charge is 2.42. The summed E-state index contributed by atoms with van der Waals surface area (Å²) in [5, 5.41) is 23.9. The minimum Gasteiger partial charge on any atom is -0.363 e. The molecular weight excluding hydrogens is 260 g/mol. The van der Waals surface area contributed by atoms with Crippen LogP contribution in [-0.4, -0.2) is 15.9 Å². The van der Waals surface area contributed by atoms with Gasteiger partial charge in [0.25, 0.3) is 11.6 Å². The quantitative estimate of drug-likeness (QED) is 0.639. The van der Waals surface area contributed by atoms with Gasteiger partial charge in [0.15, 0.2) is 5.72 Å². The molecule has 0 bridgehead atoms. The van der Waals surface area contributed by atoms with Gasteiger partial charge in [-0.15, -0.1) is 0 Å². The largest absolute Gasteiger partial charge is 0.363 e. The Bertz CT molecular complexity index is 711. The number of nitrogens with one attached hydrogen (secondary N) is 1. The fourth-order valence-corrected chi connectivity index (χ4v) is 2.35. The molecule has 0 spiro atoms. The highest BCUT2D eigenvalue weighted by molar-refractivity contribution is 6.00. The molecule has 0 aromatic heterocycles. The summed E-state index contributed by atoms with van der Waals surface area (Å²) in [4.78, 5) is 22.0. The predicted molar refractivity (Wildman–Crippen MR) is 70.0 cm³/mol. The molecule has 2 aromatic carbocycles. The Morgan fingerprint density at radius 1 is 1.10 bits per heavy atom. The molecule has 6 nitrogen and oxygen atoms in total. The van der Waals surface area contributed by atoms with E-state index in [1.54, 1.807) is 24.3 Å². The number of nitro benzene ring substituents is 1. The van der Waals surface area contributed by atoms with Crippen LogP contribution in [0, 0.1) is 10.1 Å². The lowest BCUT2D eigenvalue weighted by Crippen LogP contribution is -2.40. The molecule has 0 fully saturated rings. The standard InChI is InChI=1S/C14H10N2O4/c17-13-11-3-1-2-4-12(11)14(18,15-13)9-5-7-10(8-6-9)16(19)20/h1-8,18H,(H,15,17)/t14-/m1/s1. The van der Waals surface area contributed by atoms with E-state index in [9.17, 15) is 20.0 Å². The molecular formula is C14H10N2O4. The van der Waals surface area contributed by atoms with Crippen molar-refractivity contribution in [1.29, 1.82) is 0 Å². The summed E-state index contributed by atoms with van der Waals surface area (Å²) >= 11 is 0. The molecule has 1 amide bonds. The van der Waals surface area contributed by atoms with E-state index in [0.29, 0.717) is 16.7 Å². The third-order valence-electron chi connectivity index (χ3n) is 3.35. The van der Waals surface area contributed by atoms with Crippen molar-refractivity contribution in [2.24, 2.45) is 0 Å². The van der Waals surface area contributed by atoms with Gasteiger partial charge in [-0.05, 0) is 18.2 Å². The normalized spacial score (nSPS) is 20.4. The van der Waals surface area contributed by atoms with E-state index in [2.05, 4.69) is 5.32 Å². The fraction of sp³-hybridized carbons (Fsp3) is 0.0714. The minimum absolute atomic E-state index is 0.0741. The van der Waals surface area contributed by atoms with Crippen LogP contribution in [-0.2, 0) is 5.72 Å². The number of nitro groups is 1. The first-order valence-corrected chi connectivity index (χ1v) is 5.92. The first-order chi connectivity index (χ1) is 9.52. The Morgan fingerprint density at radius 3 is 2.40 bits per heavy atom. The van der Waals surface area contributed by atoms with Gasteiger partial charge in [-0.25, -0.2) is 0 Å². The maximum absolute atomic E-state index is 11.9. The summed E-state index contributed by atoms with van der Waals surface area (Å²) in [6.07, 6.45) is 0. The number of amides is 1. The molecule has 3 rings (SSSR count). The lowest BCUT2D eigenvalue weighted by atomic mass is 9.94. The molecule has 0 aliphatic carbocycles. The number of fused-ring (bicyclic) bond motifs is 1. The van der Waals surface area contributed by atoms with Crippen molar-refractivity contribution in [3.63, 3.8) is 0 Å². The predicted octanol–water partition coefficient (Wildman–Crippen LogP) is 1.53. The molecule has 1 aliphatic rings. The Labute approximate surface area is 113 Å². The number of non-ortho nitro benzene ring substituents is 1. The van der Waals surface area contributed by atoms with Gasteiger partial charge >= 0.3 is 0 Å². The van der Waals surface area contributed by atoms with E-state index in [1.807, 2.05) is 0 Å². The molecule has 1 heterocycles. The number of carbonyl (C=O) groups is 1. The van der Waals surface area contributed by atoms with Gasteiger partial charge in [0, 0.05) is 28.8 Å². The molecule has 0 saturated carbocycles. The maximum atomic E-state index is 11.9. The van der Waals surface area contributed by atoms with E-state index >= 15 is 0 Å². The number of rotatable bonds is 2. The van der Waals surface area contributed by atoms with Crippen molar-refractivity contribution < 1.29 is 14.8 Å². The van der Waals surface area contributed by atoms with E-state index in [0.717, 1.165) is 0 Å². The molecule has 2 N–H and O–H groups in total. The van der Waals surface area contributed by atoms with Gasteiger partial charge in [-0.3, -0.25) is 14.9 Å². The number of benzene rings is 2. The molecule has 100 valence electrons. The molecule has 1 atom stereocenters. The van der Waals surface area contributed by atoms with Crippen LogP contribution in [0.15, 0.2) is 48.5 Å². The smallest absolute Gasteiger partial charge is 0.269 e. The van der Waals surface area contributed by atoms with Crippen molar-refractivity contribution in [3.8, 4) is 0 Å². The zero-order valence-corrected chi connectivity index (χ0v) is 10.2. The lowest BCUT2D eigenvalue weighted by Gasteiger charge is -2.24. The summed E-state index contributed by atoms with van der Waals surface area (Å²) < 4.78 is 0. The van der Waals surface area contributed by atoms with E-state index in [4.69, 9.17) is 0 Å². The second-order valence-corrected chi connectivity index (χ2v) is 4.51. The van der Waals surface area contributed by atoms with Crippen LogP contribution in [0.3, 0.4) is 0 Å². The van der Waals surface area contributed by atoms with Crippen molar-refractivity contribution in [2.75, 3.05) is 0 Å². The average molecular weight is 270 g/mol. The van der Waals surface area contributed by atoms with Crippen LogP contribution >= 0.6 is 0 Å². The van der Waals surface area contributed by atoms with Gasteiger partial charge in [0.05, 0.1) is 4.92 Å². The van der Waals surface area contributed by atoms with Crippen LogP contribution in [0.5, 0.6) is 0 Å². The van der Waals surface area contributed by atoms with Crippen LogP contribution in [0.4, 0.5) is 5.69 Å². The third-order valence-corrected chi connectivity index (χ3v) is 3.35. The number of hydrogen-bond donors (Lipinski definition) is 2. The number of carbonyl (C=O) groups excluding carboxylic acids is 1. The van der Waals surface area contributed by atoms with Gasteiger partial charge in [-0.2, -0.15) is 0 Å². The SMILES string of the molecule is O=C1N[C@@](O)(c2ccc([N+](=O)[O-])cc2)c2ccccc21. The van der Waals surface area contributed by atoms with Crippen molar-refractivity contribution in [1.82, 2.24) is 5.32 Å². The first-order valence-electron chi connectivity index (χ1n) is 5.92. The summed E-state index contributed by atoms with van der Waals surface area (Å²) in [6.45, 7) is 0. The van der Waals surface area contributed by atoms with Crippen molar-refractivity contribution in [2.45, 2.75) is 5.72 Å². The second-order valence-electron chi connectivity index (χ2n) is 4.51. The Balaban J connectivity index is 2.10. The topological polar surface area (TPSA) is 92.5 Å². The third kappa shape index (κ3) is 1.66. The molecule has 0 radical (unpaired) electrons. The molecule has 2 aromatic rings. The minimum atomic E-state index is -1.65. The van der Waals surface area contributed by atoms with E-state index < -0.39 is 10.6 Å². The summed E-state index contributed by atoms with van der Waals surface area (Å²) in [7, 11) is 0. The van der Waals surface area contributed by atoms with Gasteiger partial charge in [-0.1, -0.05) is 18.2 Å². The summed E-state index contributed by atoms with van der Waals surface area (Å²) in [5.41, 5.74) is -0.508. The van der Waals surface area contributed by atoms with Crippen LogP contribution in [0.25, 0.3) is 0 Å². The molecule has 1 aliphatic heterocycles. The van der Waals surface area contributed by atoms with Crippen LogP contribution in [0.1, 0.15) is 21.5 Å². The highest BCUT2D eigenvalue weighted by Crippen LogP contribution is 2.35. The zero-order chi connectivity index (χ0) is 14.3. The van der Waals surface area contributed by atoms with E-state index in [-0.39, 0.29) is 11.6 Å². The number of hydrogen-bond acceptors (Lipinski definition) is 4. The number of nitrogens with zero attached hydrogens (tertiary/aromatic N) is 1. The first kappa shape index (κ1) is 12.3. The molecule has 20 heavy (non-hydrogen) atoms. The highest BCUT2D eigenvalue weighted by atomic mass is 16.6. The Hall–Kier alpha value is -2.73. The van der Waals surface area contributed by atoms with Gasteiger partial charge in [0.1, 0.15) is 0 Å². The van der Waals surface area contributed by atoms with Crippen molar-refractivity contribution >= 4 is 11.6 Å². The maximum Gasteiger partial charge on any atom is 0.269 e.